The van der Waals surface area contributed by atoms with Crippen LogP contribution in [0.2, 0.25) is 0 Å². The minimum absolute atomic E-state index is 0.744. The maximum absolute atomic E-state index is 5.89. The normalized spacial score (nSPS) is 10.7. The molecule has 2 N–H and O–H groups in total. The van der Waals surface area contributed by atoms with Gasteiger partial charge in [0.15, 0.2) is 0 Å². The zero-order valence-corrected chi connectivity index (χ0v) is 10.2. The van der Waals surface area contributed by atoms with Crippen molar-refractivity contribution in [3.63, 3.8) is 0 Å². The number of hydrogen-bond donors (Lipinski definition) is 1. The number of nitrogens with zero attached hydrogens (tertiary/aromatic N) is 1. The van der Waals surface area contributed by atoms with Gasteiger partial charge in [0, 0.05) is 25.0 Å². The van der Waals surface area contributed by atoms with E-state index in [4.69, 9.17) is 5.73 Å². The van der Waals surface area contributed by atoms with Gasteiger partial charge in [-0.2, -0.15) is 0 Å². The molecule has 0 amide bonds. The molecule has 0 atom stereocenters. The average Bonchev–Trinajstić information content (AvgIpc) is 2.18. The lowest BCUT2D eigenvalue weighted by atomic mass is 10.1. The van der Waals surface area contributed by atoms with Gasteiger partial charge in [-0.3, -0.25) is 0 Å². The highest BCUT2D eigenvalue weighted by molar-refractivity contribution is 5.63. The van der Waals surface area contributed by atoms with Gasteiger partial charge in [-0.1, -0.05) is 19.9 Å². The van der Waals surface area contributed by atoms with Crippen molar-refractivity contribution in [3.8, 4) is 0 Å². The van der Waals surface area contributed by atoms with Crippen LogP contribution in [0.4, 0.5) is 11.4 Å². The van der Waals surface area contributed by atoms with Crippen molar-refractivity contribution in [1.29, 1.82) is 0 Å². The van der Waals surface area contributed by atoms with Crippen molar-refractivity contribution in [3.05, 3.63) is 23.8 Å². The molecule has 84 valence electrons. The van der Waals surface area contributed by atoms with Gasteiger partial charge in [0.05, 0.1) is 0 Å². The highest BCUT2D eigenvalue weighted by atomic mass is 15.1. The van der Waals surface area contributed by atoms with Crippen LogP contribution in [0.25, 0.3) is 0 Å². The Morgan fingerprint density at radius 2 is 2.00 bits per heavy atom. The Morgan fingerprint density at radius 1 is 1.33 bits per heavy atom. The van der Waals surface area contributed by atoms with Crippen LogP contribution in [0.1, 0.15) is 25.8 Å². The van der Waals surface area contributed by atoms with Gasteiger partial charge in [0.1, 0.15) is 0 Å². The van der Waals surface area contributed by atoms with E-state index in [-0.39, 0.29) is 0 Å². The molecule has 0 radical (unpaired) electrons. The zero-order chi connectivity index (χ0) is 11.4. The van der Waals surface area contributed by atoms with E-state index in [1.54, 1.807) is 0 Å². The zero-order valence-electron chi connectivity index (χ0n) is 10.2. The average molecular weight is 206 g/mol. The summed E-state index contributed by atoms with van der Waals surface area (Å²) in [4.78, 5) is 2.28. The van der Waals surface area contributed by atoms with Gasteiger partial charge in [-0.25, -0.2) is 0 Å². The second kappa shape index (κ2) is 5.06. The van der Waals surface area contributed by atoms with E-state index in [1.807, 2.05) is 12.1 Å². The molecule has 0 aliphatic rings. The molecular weight excluding hydrogens is 184 g/mol. The fourth-order valence-corrected chi connectivity index (χ4v) is 1.63. The van der Waals surface area contributed by atoms with Crippen LogP contribution >= 0.6 is 0 Å². The number of nitrogen functional groups attached to an aromatic ring is 1. The lowest BCUT2D eigenvalue weighted by molar-refractivity contribution is 0.585. The van der Waals surface area contributed by atoms with Crippen molar-refractivity contribution in [2.45, 2.75) is 27.2 Å². The van der Waals surface area contributed by atoms with Crippen molar-refractivity contribution in [1.82, 2.24) is 0 Å². The predicted molar refractivity (Wildman–Crippen MR) is 68.3 cm³/mol. The Balaban J connectivity index is 2.73. The summed E-state index contributed by atoms with van der Waals surface area (Å²) in [6.45, 7) is 7.67. The minimum Gasteiger partial charge on any atom is -0.398 e. The maximum Gasteiger partial charge on any atom is 0.0414 e. The number of anilines is 2. The monoisotopic (exact) mass is 206 g/mol. The van der Waals surface area contributed by atoms with E-state index in [9.17, 15) is 0 Å². The molecule has 0 aliphatic carbocycles. The summed E-state index contributed by atoms with van der Waals surface area (Å²) < 4.78 is 0. The summed E-state index contributed by atoms with van der Waals surface area (Å²) in [7, 11) is 2.13. The predicted octanol–water partition coefficient (Wildman–Crippen LogP) is 3.06. The first kappa shape index (κ1) is 11.9. The summed E-state index contributed by atoms with van der Waals surface area (Å²) in [6.07, 6.45) is 1.21. The molecule has 15 heavy (non-hydrogen) atoms. The summed E-state index contributed by atoms with van der Waals surface area (Å²) in [5.74, 6) is 0.744. The smallest absolute Gasteiger partial charge is 0.0414 e. The Bertz CT molecular complexity index is 318. The first-order valence-corrected chi connectivity index (χ1v) is 5.58. The second-order valence-corrected chi connectivity index (χ2v) is 4.60. The van der Waals surface area contributed by atoms with E-state index in [1.165, 1.54) is 17.7 Å². The first-order chi connectivity index (χ1) is 7.02. The Labute approximate surface area is 93.1 Å². The molecular formula is C13H22N2. The van der Waals surface area contributed by atoms with E-state index < -0.39 is 0 Å². The Kier molecular flexibility index (Phi) is 4.01. The van der Waals surface area contributed by atoms with E-state index in [0.717, 1.165) is 18.2 Å². The van der Waals surface area contributed by atoms with Gasteiger partial charge >= 0.3 is 0 Å². The molecule has 0 unspecified atom stereocenters. The van der Waals surface area contributed by atoms with E-state index in [0.29, 0.717) is 0 Å². The molecule has 0 aromatic heterocycles. The third kappa shape index (κ3) is 3.15. The van der Waals surface area contributed by atoms with E-state index >= 15 is 0 Å². The Morgan fingerprint density at radius 3 is 2.60 bits per heavy atom. The molecule has 2 heteroatoms. The van der Waals surface area contributed by atoms with Crippen molar-refractivity contribution in [2.24, 2.45) is 5.92 Å². The quantitative estimate of drug-likeness (QED) is 0.767. The SMILES string of the molecule is Cc1c(N)cccc1N(C)CCC(C)C. The lowest BCUT2D eigenvalue weighted by Gasteiger charge is -2.23. The number of nitrogens with two attached hydrogens (primary N) is 1. The van der Waals surface area contributed by atoms with Crippen LogP contribution in [0, 0.1) is 12.8 Å². The van der Waals surface area contributed by atoms with Gasteiger partial charge < -0.3 is 10.6 Å². The molecule has 1 rings (SSSR count). The molecule has 0 saturated carbocycles. The number of hydrogen-bond acceptors (Lipinski definition) is 2. The van der Waals surface area contributed by atoms with Crippen LogP contribution in [-0.4, -0.2) is 13.6 Å². The van der Waals surface area contributed by atoms with Crippen LogP contribution in [-0.2, 0) is 0 Å². The van der Waals surface area contributed by atoms with Crippen LogP contribution in [0.3, 0.4) is 0 Å². The van der Waals surface area contributed by atoms with Crippen LogP contribution in [0.5, 0.6) is 0 Å². The first-order valence-electron chi connectivity index (χ1n) is 5.58. The number of rotatable bonds is 4. The van der Waals surface area contributed by atoms with Gasteiger partial charge in [-0.15, -0.1) is 0 Å². The third-order valence-corrected chi connectivity index (χ3v) is 2.80. The summed E-state index contributed by atoms with van der Waals surface area (Å²) in [6, 6.07) is 6.10. The molecule has 0 spiro atoms. The lowest BCUT2D eigenvalue weighted by Crippen LogP contribution is -2.21. The summed E-state index contributed by atoms with van der Waals surface area (Å²) in [5, 5.41) is 0. The maximum atomic E-state index is 5.89. The molecule has 0 aliphatic heterocycles. The molecule has 0 fully saturated rings. The molecule has 0 heterocycles. The van der Waals surface area contributed by atoms with Crippen molar-refractivity contribution < 1.29 is 0 Å². The second-order valence-electron chi connectivity index (χ2n) is 4.60. The van der Waals surface area contributed by atoms with Crippen LogP contribution in [0.15, 0.2) is 18.2 Å². The molecule has 1 aromatic rings. The summed E-state index contributed by atoms with van der Waals surface area (Å²) in [5.41, 5.74) is 9.20. The van der Waals surface area contributed by atoms with Gasteiger partial charge in [0.25, 0.3) is 0 Å². The molecule has 0 bridgehead atoms. The molecule has 2 nitrogen and oxygen atoms in total. The minimum atomic E-state index is 0.744. The van der Waals surface area contributed by atoms with E-state index in [2.05, 4.69) is 38.8 Å². The molecule has 0 saturated heterocycles. The third-order valence-electron chi connectivity index (χ3n) is 2.80. The van der Waals surface area contributed by atoms with Crippen LogP contribution < -0.4 is 10.6 Å². The van der Waals surface area contributed by atoms with Crippen molar-refractivity contribution in [2.75, 3.05) is 24.2 Å². The highest BCUT2D eigenvalue weighted by Gasteiger charge is 2.06. The standard InChI is InChI=1S/C13H22N2/c1-10(2)8-9-15(4)13-7-5-6-12(14)11(13)3/h5-7,10H,8-9,14H2,1-4H3. The fourth-order valence-electron chi connectivity index (χ4n) is 1.63. The van der Waals surface area contributed by atoms with Gasteiger partial charge in [0.2, 0.25) is 0 Å². The highest BCUT2D eigenvalue weighted by Crippen LogP contribution is 2.24. The number of benzene rings is 1. The van der Waals surface area contributed by atoms with Crippen molar-refractivity contribution >= 4 is 11.4 Å². The topological polar surface area (TPSA) is 29.3 Å². The largest absolute Gasteiger partial charge is 0.398 e. The molecule has 1 aromatic carbocycles. The van der Waals surface area contributed by atoms with Gasteiger partial charge in [-0.05, 0) is 37.0 Å². The summed E-state index contributed by atoms with van der Waals surface area (Å²) >= 11 is 0. The Hall–Kier alpha value is -1.18. The fraction of sp³-hybridized carbons (Fsp3) is 0.538.